The Morgan fingerprint density at radius 2 is 2.07 bits per heavy atom. The molecule has 0 saturated carbocycles. The van der Waals surface area contributed by atoms with Crippen molar-refractivity contribution in [3.8, 4) is 0 Å². The molecule has 0 aromatic carbocycles. The van der Waals surface area contributed by atoms with Crippen LogP contribution in [0.1, 0.15) is 34.1 Å². The lowest BCUT2D eigenvalue weighted by atomic mass is 10.2. The monoisotopic (exact) mass is 251 g/mol. The fourth-order valence-electron chi connectivity index (χ4n) is 1.83. The average molecular weight is 251 g/mol. The van der Waals surface area contributed by atoms with E-state index in [1.165, 1.54) is 0 Å². The van der Waals surface area contributed by atoms with E-state index in [1.54, 1.807) is 7.11 Å². The summed E-state index contributed by atoms with van der Waals surface area (Å²) in [6.07, 6.45) is -0.653. The lowest BCUT2D eigenvalue weighted by Gasteiger charge is -2.45. The van der Waals surface area contributed by atoms with Gasteiger partial charge in [0.15, 0.2) is 6.42 Å². The third kappa shape index (κ3) is 2.80. The smallest absolute Gasteiger partial charge is 0.160 e. The largest absolute Gasteiger partial charge is 0.373 e. The summed E-state index contributed by atoms with van der Waals surface area (Å²) in [5, 5.41) is 0. The van der Waals surface area contributed by atoms with E-state index in [2.05, 4.69) is 25.4 Å². The van der Waals surface area contributed by atoms with Crippen LogP contribution in [0.2, 0.25) is 0 Å². The molecule has 0 bridgehead atoms. The van der Waals surface area contributed by atoms with Crippen molar-refractivity contribution in [1.29, 1.82) is 0 Å². The number of methoxy groups -OCH3 is 1. The van der Waals surface area contributed by atoms with E-state index in [9.17, 15) is 0 Å². The first-order valence-corrected chi connectivity index (χ1v) is 8.24. The van der Waals surface area contributed by atoms with Crippen molar-refractivity contribution in [2.24, 2.45) is 0 Å². The molecule has 0 aliphatic carbocycles. The van der Waals surface area contributed by atoms with Gasteiger partial charge in [-0.3, -0.25) is 0 Å². The summed E-state index contributed by atoms with van der Waals surface area (Å²) in [4.78, 5) is 0. The molecular weight excluding hydrogens is 229 g/mol. The van der Waals surface area contributed by atoms with Crippen molar-refractivity contribution in [3.05, 3.63) is 0 Å². The predicted molar refractivity (Wildman–Crippen MR) is 67.8 cm³/mol. The van der Waals surface area contributed by atoms with Crippen LogP contribution in [0.15, 0.2) is 0 Å². The summed E-state index contributed by atoms with van der Waals surface area (Å²) in [5.41, 5.74) is 0. The van der Waals surface area contributed by atoms with Gasteiger partial charge in [-0.2, -0.15) is 0 Å². The standard InChI is InChI=1S/C10H22NO2PS/c1-8(2)11-7-6-9(3)13-14(11,15)10(4)12-5/h8-10H,6-7H2,1-5H3/t9-,10+,14-/m0/s1. The second-order valence-electron chi connectivity index (χ2n) is 4.36. The molecule has 0 amide bonds. The molecular formula is C10H22NO2PS. The van der Waals surface area contributed by atoms with Crippen LogP contribution in [0.3, 0.4) is 0 Å². The van der Waals surface area contributed by atoms with Gasteiger partial charge in [0.2, 0.25) is 0 Å². The molecule has 0 N–H and O–H groups in total. The van der Waals surface area contributed by atoms with Crippen LogP contribution in [0, 0.1) is 0 Å². The lowest BCUT2D eigenvalue weighted by molar-refractivity contribution is 0.106. The molecule has 5 heteroatoms. The first-order valence-electron chi connectivity index (χ1n) is 5.50. The SMILES string of the molecule is CO[C@@H](C)[P@@]1(=S)O[C@@H](C)CCN1C(C)C. The molecule has 0 aromatic rings. The van der Waals surface area contributed by atoms with Gasteiger partial charge in [-0.15, -0.1) is 0 Å². The molecule has 1 aliphatic heterocycles. The third-order valence-corrected chi connectivity index (χ3v) is 7.80. The van der Waals surface area contributed by atoms with Crippen LogP contribution in [0.4, 0.5) is 0 Å². The molecule has 3 nitrogen and oxygen atoms in total. The molecule has 3 atom stereocenters. The molecule has 1 aliphatic rings. The Morgan fingerprint density at radius 3 is 2.53 bits per heavy atom. The fraction of sp³-hybridized carbons (Fsp3) is 1.00. The van der Waals surface area contributed by atoms with E-state index in [-0.39, 0.29) is 11.9 Å². The van der Waals surface area contributed by atoms with Crippen molar-refractivity contribution in [1.82, 2.24) is 4.67 Å². The van der Waals surface area contributed by atoms with Gasteiger partial charge in [-0.25, -0.2) is 4.67 Å². The molecule has 0 radical (unpaired) electrons. The second kappa shape index (κ2) is 5.24. The minimum Gasteiger partial charge on any atom is -0.373 e. The summed E-state index contributed by atoms with van der Waals surface area (Å²) in [5.74, 6) is 0.0117. The highest BCUT2D eigenvalue weighted by atomic mass is 32.4. The van der Waals surface area contributed by atoms with Crippen LogP contribution < -0.4 is 0 Å². The Balaban J connectivity index is 2.91. The fourth-order valence-corrected chi connectivity index (χ4v) is 5.98. The van der Waals surface area contributed by atoms with E-state index in [4.69, 9.17) is 21.1 Å². The van der Waals surface area contributed by atoms with E-state index in [1.807, 2.05) is 6.92 Å². The van der Waals surface area contributed by atoms with Gasteiger partial charge in [-0.05, 0) is 45.9 Å². The third-order valence-electron chi connectivity index (χ3n) is 2.85. The molecule has 90 valence electrons. The van der Waals surface area contributed by atoms with E-state index in [0.717, 1.165) is 13.0 Å². The molecule has 0 aromatic heterocycles. The first kappa shape index (κ1) is 13.6. The van der Waals surface area contributed by atoms with Crippen LogP contribution >= 0.6 is 6.42 Å². The molecule has 1 heterocycles. The molecule has 0 unspecified atom stereocenters. The molecule has 1 rings (SSSR count). The summed E-state index contributed by atoms with van der Waals surface area (Å²) in [7, 11) is 1.71. The summed E-state index contributed by atoms with van der Waals surface area (Å²) in [6, 6.07) is 0.431. The highest BCUT2D eigenvalue weighted by Gasteiger charge is 2.39. The maximum atomic E-state index is 6.03. The van der Waals surface area contributed by atoms with Crippen LogP contribution in [0.25, 0.3) is 0 Å². The number of rotatable bonds is 3. The van der Waals surface area contributed by atoms with E-state index >= 15 is 0 Å². The molecule has 1 fully saturated rings. The Kier molecular flexibility index (Phi) is 4.75. The maximum absolute atomic E-state index is 6.03. The molecule has 0 spiro atoms. The zero-order valence-corrected chi connectivity index (χ0v) is 12.0. The van der Waals surface area contributed by atoms with Crippen molar-refractivity contribution in [3.63, 3.8) is 0 Å². The minimum atomic E-state index is -1.98. The predicted octanol–water partition coefficient (Wildman–Crippen LogP) is 2.81. The quantitative estimate of drug-likeness (QED) is 0.719. The Morgan fingerprint density at radius 1 is 1.47 bits per heavy atom. The van der Waals surface area contributed by atoms with Crippen LogP contribution in [-0.4, -0.2) is 36.3 Å². The van der Waals surface area contributed by atoms with E-state index in [0.29, 0.717) is 6.04 Å². The summed E-state index contributed by atoms with van der Waals surface area (Å²) < 4.78 is 13.7. The topological polar surface area (TPSA) is 21.7 Å². The highest BCUT2D eigenvalue weighted by molar-refractivity contribution is 8.11. The Bertz CT molecular complexity index is 260. The second-order valence-corrected chi connectivity index (χ2v) is 8.51. The highest BCUT2D eigenvalue weighted by Crippen LogP contribution is 2.60. The number of ether oxygens (including phenoxy) is 1. The van der Waals surface area contributed by atoms with Crippen LogP contribution in [0.5, 0.6) is 0 Å². The minimum absolute atomic E-state index is 0.0117. The lowest BCUT2D eigenvalue weighted by Crippen LogP contribution is -2.39. The molecule has 15 heavy (non-hydrogen) atoms. The van der Waals surface area contributed by atoms with Crippen molar-refractivity contribution < 1.29 is 9.26 Å². The van der Waals surface area contributed by atoms with Gasteiger partial charge in [-0.1, -0.05) is 0 Å². The van der Waals surface area contributed by atoms with Gasteiger partial charge >= 0.3 is 0 Å². The maximum Gasteiger partial charge on any atom is 0.160 e. The van der Waals surface area contributed by atoms with Crippen molar-refractivity contribution in [2.45, 2.75) is 52.1 Å². The summed E-state index contributed by atoms with van der Waals surface area (Å²) >= 11 is 5.74. The Hall–Kier alpha value is 0.530. The zero-order valence-electron chi connectivity index (χ0n) is 10.3. The van der Waals surface area contributed by atoms with Gasteiger partial charge in [0, 0.05) is 19.7 Å². The van der Waals surface area contributed by atoms with Gasteiger partial charge in [0.25, 0.3) is 0 Å². The first-order chi connectivity index (χ1) is 6.91. The van der Waals surface area contributed by atoms with Gasteiger partial charge < -0.3 is 9.26 Å². The van der Waals surface area contributed by atoms with Crippen molar-refractivity contribution in [2.75, 3.05) is 13.7 Å². The zero-order chi connectivity index (χ0) is 11.6. The normalized spacial score (nSPS) is 35.7. The molecule has 1 saturated heterocycles. The summed E-state index contributed by atoms with van der Waals surface area (Å²) in [6.45, 7) is 9.49. The number of hydrogen-bond donors (Lipinski definition) is 0. The average Bonchev–Trinajstić information content (AvgIpc) is 2.15. The number of hydrogen-bond acceptors (Lipinski definition) is 3. The van der Waals surface area contributed by atoms with Crippen LogP contribution in [-0.2, 0) is 21.1 Å². The van der Waals surface area contributed by atoms with Gasteiger partial charge in [0.1, 0.15) is 5.85 Å². The number of nitrogens with zero attached hydrogens (tertiary/aromatic N) is 1. The van der Waals surface area contributed by atoms with Gasteiger partial charge in [0.05, 0.1) is 6.10 Å². The Labute approximate surface area is 98.3 Å². The van der Waals surface area contributed by atoms with E-state index < -0.39 is 6.42 Å². The van der Waals surface area contributed by atoms with Crippen molar-refractivity contribution >= 4 is 18.2 Å².